The second-order valence-corrected chi connectivity index (χ2v) is 5.74. The largest absolute Gasteiger partial charge is 0.433 e. The lowest BCUT2D eigenvalue weighted by molar-refractivity contribution is -0.402. The van der Waals surface area contributed by atoms with Crippen LogP contribution in [0.15, 0.2) is 46.9 Å². The van der Waals surface area contributed by atoms with Crippen molar-refractivity contribution in [2.24, 2.45) is 0 Å². The minimum atomic E-state index is -0.667. The number of carbonyl (C=O) groups is 1. The Balaban J connectivity index is 1.73. The number of nitrogens with one attached hydrogen (secondary N) is 1. The molecular weight excluding hydrogens is 326 g/mol. The summed E-state index contributed by atoms with van der Waals surface area (Å²) in [5.74, 6) is -1.00. The predicted octanol–water partition coefficient (Wildman–Crippen LogP) is 1.99. The van der Waals surface area contributed by atoms with Crippen LogP contribution < -0.4 is 5.32 Å². The summed E-state index contributed by atoms with van der Waals surface area (Å²) in [5.41, 5.74) is 0.961. The molecule has 8 nitrogen and oxygen atoms in total. The molecular formula is C17H19N3O5. The van der Waals surface area contributed by atoms with Crippen LogP contribution >= 0.6 is 0 Å². The van der Waals surface area contributed by atoms with E-state index in [0.717, 1.165) is 18.7 Å². The highest BCUT2D eigenvalue weighted by Crippen LogP contribution is 2.19. The van der Waals surface area contributed by atoms with E-state index in [1.165, 1.54) is 12.1 Å². The van der Waals surface area contributed by atoms with Crippen LogP contribution in [0.2, 0.25) is 0 Å². The number of morpholine rings is 1. The predicted molar refractivity (Wildman–Crippen MR) is 89.3 cm³/mol. The number of ether oxygens (including phenoxy) is 1. The molecule has 1 fully saturated rings. The molecule has 1 saturated heterocycles. The van der Waals surface area contributed by atoms with Crippen LogP contribution in [0.25, 0.3) is 0 Å². The molecule has 1 aliphatic rings. The van der Waals surface area contributed by atoms with Crippen molar-refractivity contribution in [3.05, 3.63) is 63.9 Å². The van der Waals surface area contributed by atoms with E-state index in [-0.39, 0.29) is 11.8 Å². The molecule has 2 heterocycles. The fraction of sp³-hybridized carbons (Fsp3) is 0.353. The lowest BCUT2D eigenvalue weighted by Crippen LogP contribution is -2.43. The third-order valence-electron chi connectivity index (χ3n) is 4.05. The van der Waals surface area contributed by atoms with Crippen molar-refractivity contribution in [1.29, 1.82) is 0 Å². The first-order valence-electron chi connectivity index (χ1n) is 8.03. The Morgan fingerprint density at radius 1 is 1.20 bits per heavy atom. The normalized spacial score (nSPS) is 16.3. The summed E-state index contributed by atoms with van der Waals surface area (Å²) in [6, 6.07) is 11.8. The van der Waals surface area contributed by atoms with Gasteiger partial charge in [-0.3, -0.25) is 19.8 Å². The standard InChI is InChI=1S/C17H19N3O5/c21-17(15-6-7-16(25-15)20(22)23)18-14(13-4-2-1-3-5-13)12-19-8-10-24-11-9-19/h1-7,14H,8-12H2,(H,18,21). The molecule has 0 bridgehead atoms. The van der Waals surface area contributed by atoms with Gasteiger partial charge in [0.1, 0.15) is 4.92 Å². The zero-order chi connectivity index (χ0) is 17.6. The first-order chi connectivity index (χ1) is 12.1. The number of rotatable bonds is 6. The molecule has 1 aromatic carbocycles. The number of furan rings is 1. The molecule has 3 rings (SSSR count). The lowest BCUT2D eigenvalue weighted by atomic mass is 10.1. The lowest BCUT2D eigenvalue weighted by Gasteiger charge is -2.31. The van der Waals surface area contributed by atoms with Gasteiger partial charge in [0.2, 0.25) is 0 Å². The van der Waals surface area contributed by atoms with E-state index in [1.54, 1.807) is 0 Å². The fourth-order valence-electron chi connectivity index (χ4n) is 2.74. The summed E-state index contributed by atoms with van der Waals surface area (Å²) in [6.07, 6.45) is 0. The molecule has 0 saturated carbocycles. The molecule has 8 heteroatoms. The molecule has 0 radical (unpaired) electrons. The quantitative estimate of drug-likeness (QED) is 0.635. The summed E-state index contributed by atoms with van der Waals surface area (Å²) in [5, 5.41) is 13.6. The highest BCUT2D eigenvalue weighted by atomic mass is 16.6. The van der Waals surface area contributed by atoms with E-state index in [0.29, 0.717) is 19.8 Å². The number of hydrogen-bond donors (Lipinski definition) is 1. The average molecular weight is 345 g/mol. The summed E-state index contributed by atoms with van der Waals surface area (Å²) < 4.78 is 10.3. The van der Waals surface area contributed by atoms with Gasteiger partial charge in [-0.2, -0.15) is 0 Å². The van der Waals surface area contributed by atoms with Gasteiger partial charge in [-0.05, 0) is 11.6 Å². The van der Waals surface area contributed by atoms with Crippen molar-refractivity contribution in [2.45, 2.75) is 6.04 Å². The van der Waals surface area contributed by atoms with E-state index in [1.807, 2.05) is 30.3 Å². The number of carbonyl (C=O) groups excluding carboxylic acids is 1. The smallest absolute Gasteiger partial charge is 0.395 e. The maximum absolute atomic E-state index is 12.4. The number of amides is 1. The Labute approximate surface area is 144 Å². The molecule has 132 valence electrons. The maximum Gasteiger partial charge on any atom is 0.433 e. The monoisotopic (exact) mass is 345 g/mol. The minimum Gasteiger partial charge on any atom is -0.395 e. The molecule has 25 heavy (non-hydrogen) atoms. The van der Waals surface area contributed by atoms with Crippen molar-refractivity contribution in [1.82, 2.24) is 10.2 Å². The van der Waals surface area contributed by atoms with E-state index in [9.17, 15) is 14.9 Å². The Bertz CT molecular complexity index is 725. The molecule has 1 aliphatic heterocycles. The van der Waals surface area contributed by atoms with Crippen molar-refractivity contribution >= 4 is 11.8 Å². The number of hydrogen-bond acceptors (Lipinski definition) is 6. The molecule has 1 aromatic heterocycles. The SMILES string of the molecule is O=C(NC(CN1CCOCC1)c1ccccc1)c1ccc([N+](=O)[O-])o1. The zero-order valence-electron chi connectivity index (χ0n) is 13.6. The number of nitro groups is 1. The molecule has 1 atom stereocenters. The van der Waals surface area contributed by atoms with E-state index >= 15 is 0 Å². The highest BCUT2D eigenvalue weighted by molar-refractivity contribution is 5.92. The summed E-state index contributed by atoms with van der Waals surface area (Å²) in [4.78, 5) is 24.7. The first kappa shape index (κ1) is 17.1. The molecule has 1 N–H and O–H groups in total. The maximum atomic E-state index is 12.4. The highest BCUT2D eigenvalue weighted by Gasteiger charge is 2.23. The van der Waals surface area contributed by atoms with Crippen LogP contribution in [0.3, 0.4) is 0 Å². The zero-order valence-corrected chi connectivity index (χ0v) is 13.6. The third kappa shape index (κ3) is 4.43. The van der Waals surface area contributed by atoms with Crippen LogP contribution in [0, 0.1) is 10.1 Å². The summed E-state index contributed by atoms with van der Waals surface area (Å²) >= 11 is 0. The van der Waals surface area contributed by atoms with Crippen LogP contribution in [-0.4, -0.2) is 48.6 Å². The van der Waals surface area contributed by atoms with Crippen LogP contribution in [0.5, 0.6) is 0 Å². The second kappa shape index (κ2) is 7.91. The van der Waals surface area contributed by atoms with E-state index < -0.39 is 16.7 Å². The van der Waals surface area contributed by atoms with Gasteiger partial charge in [-0.25, -0.2) is 0 Å². The van der Waals surface area contributed by atoms with Gasteiger partial charge >= 0.3 is 5.88 Å². The van der Waals surface area contributed by atoms with Crippen LogP contribution in [-0.2, 0) is 4.74 Å². The Morgan fingerprint density at radius 3 is 2.56 bits per heavy atom. The first-order valence-corrected chi connectivity index (χ1v) is 8.03. The Kier molecular flexibility index (Phi) is 5.42. The number of benzene rings is 1. The van der Waals surface area contributed by atoms with Gasteiger partial charge in [0.15, 0.2) is 5.76 Å². The third-order valence-corrected chi connectivity index (χ3v) is 4.05. The number of nitrogens with zero attached hydrogens (tertiary/aromatic N) is 2. The summed E-state index contributed by atoms with van der Waals surface area (Å²) in [6.45, 7) is 3.55. The van der Waals surface area contributed by atoms with Crippen molar-refractivity contribution in [2.75, 3.05) is 32.8 Å². The molecule has 0 spiro atoms. The van der Waals surface area contributed by atoms with Crippen molar-refractivity contribution < 1.29 is 18.9 Å². The molecule has 0 aliphatic carbocycles. The summed E-state index contributed by atoms with van der Waals surface area (Å²) in [7, 11) is 0. The molecule has 1 unspecified atom stereocenters. The second-order valence-electron chi connectivity index (χ2n) is 5.74. The van der Waals surface area contributed by atoms with Gasteiger partial charge in [0, 0.05) is 19.6 Å². The van der Waals surface area contributed by atoms with Gasteiger partial charge in [-0.15, -0.1) is 0 Å². The molecule has 1 amide bonds. The average Bonchev–Trinajstić information content (AvgIpc) is 3.13. The van der Waals surface area contributed by atoms with Crippen LogP contribution in [0.4, 0.5) is 5.88 Å². The topological polar surface area (TPSA) is 97.9 Å². The Hall–Kier alpha value is -2.71. The molecule has 2 aromatic rings. The fourth-order valence-corrected chi connectivity index (χ4v) is 2.74. The van der Waals surface area contributed by atoms with Gasteiger partial charge in [0.05, 0.1) is 25.3 Å². The van der Waals surface area contributed by atoms with E-state index in [4.69, 9.17) is 9.15 Å². The van der Waals surface area contributed by atoms with Crippen LogP contribution in [0.1, 0.15) is 22.2 Å². The van der Waals surface area contributed by atoms with Crippen molar-refractivity contribution in [3.8, 4) is 0 Å². The minimum absolute atomic E-state index is 0.0744. The van der Waals surface area contributed by atoms with E-state index in [2.05, 4.69) is 10.2 Å². The van der Waals surface area contributed by atoms with Gasteiger partial charge in [-0.1, -0.05) is 30.3 Å². The van der Waals surface area contributed by atoms with Crippen molar-refractivity contribution in [3.63, 3.8) is 0 Å². The van der Waals surface area contributed by atoms with Gasteiger partial charge < -0.3 is 14.5 Å². The Morgan fingerprint density at radius 2 is 1.92 bits per heavy atom. The van der Waals surface area contributed by atoms with Gasteiger partial charge in [0.25, 0.3) is 5.91 Å².